The SMILES string of the molecule is CC(C)=CCC/C(C)=C/CC/C(C)=C/CSC[C@H](NC(=O)CCC(=O)O)C(=O)O.CC(C)=CCC/C(C)=C/CC/C(C)=C/CSC[C@H](NC(=O)CCC(=O)O)C(=O)O.[Ca+2]. The van der Waals surface area contributed by atoms with Crippen molar-refractivity contribution in [2.75, 3.05) is 23.0 Å². The molecule has 6 N–H and O–H groups in total. The molecule has 0 aliphatic heterocycles. The summed E-state index contributed by atoms with van der Waals surface area (Å²) in [6.07, 6.45) is 20.4. The third kappa shape index (κ3) is 41.7. The molecule has 15 heteroatoms. The fourth-order valence-electron chi connectivity index (χ4n) is 4.78. The van der Waals surface area contributed by atoms with Crippen LogP contribution in [0.25, 0.3) is 0 Å². The van der Waals surface area contributed by atoms with Gasteiger partial charge in [-0.3, -0.25) is 19.2 Å². The van der Waals surface area contributed by atoms with Gasteiger partial charge in [0.25, 0.3) is 0 Å². The number of allylic oxidation sites excluding steroid dienone is 10. The fraction of sp³-hybridized carbons (Fsp3) is 0.591. The first kappa shape index (κ1) is 60.5. The zero-order valence-corrected chi connectivity index (χ0v) is 40.5. The summed E-state index contributed by atoms with van der Waals surface area (Å²) in [7, 11) is 0. The number of amides is 2. The third-order valence-corrected chi connectivity index (χ3v) is 10.3. The maximum absolute atomic E-state index is 11.6. The van der Waals surface area contributed by atoms with Crippen LogP contribution in [0.15, 0.2) is 69.9 Å². The van der Waals surface area contributed by atoms with Crippen molar-refractivity contribution >= 4 is 97.0 Å². The number of hydrogen-bond acceptors (Lipinski definition) is 8. The molecule has 0 saturated carbocycles. The number of carbonyl (C=O) groups excluding carboxylic acids is 2. The number of carboxylic acids is 4. The predicted molar refractivity (Wildman–Crippen MR) is 244 cm³/mol. The molecule has 0 fully saturated rings. The molecule has 0 aromatic heterocycles. The Kier molecular flexibility index (Phi) is 39.1. The van der Waals surface area contributed by atoms with E-state index in [1.54, 1.807) is 0 Å². The van der Waals surface area contributed by atoms with Gasteiger partial charge in [-0.25, -0.2) is 9.59 Å². The number of carboxylic acid groups (broad SMARTS) is 4. The van der Waals surface area contributed by atoms with Crippen LogP contribution in [-0.2, 0) is 28.8 Å². The van der Waals surface area contributed by atoms with Crippen molar-refractivity contribution in [2.24, 2.45) is 0 Å². The minimum absolute atomic E-state index is 0. The Bertz CT molecular complexity index is 1380. The van der Waals surface area contributed by atoms with Crippen LogP contribution in [0.3, 0.4) is 0 Å². The van der Waals surface area contributed by atoms with Crippen molar-refractivity contribution in [3.05, 3.63) is 69.9 Å². The van der Waals surface area contributed by atoms with Gasteiger partial charge in [0.05, 0.1) is 12.8 Å². The average Bonchev–Trinajstić information content (AvgIpc) is 3.12. The monoisotopic (exact) mass is 890 g/mol. The van der Waals surface area contributed by atoms with Crippen LogP contribution in [-0.4, -0.2) is 129 Å². The second kappa shape index (κ2) is 38.2. The van der Waals surface area contributed by atoms with Gasteiger partial charge in [0.1, 0.15) is 12.1 Å². The summed E-state index contributed by atoms with van der Waals surface area (Å²) in [4.78, 5) is 66.7. The Labute approximate surface area is 391 Å². The topological polar surface area (TPSA) is 207 Å². The van der Waals surface area contributed by atoms with Crippen LogP contribution in [0, 0.1) is 0 Å². The van der Waals surface area contributed by atoms with E-state index in [2.05, 4.69) is 102 Å². The second-order valence-electron chi connectivity index (χ2n) is 14.7. The number of hydrogen-bond donors (Lipinski definition) is 6. The zero-order chi connectivity index (χ0) is 44.5. The first-order chi connectivity index (χ1) is 27.2. The molecule has 2 atom stereocenters. The van der Waals surface area contributed by atoms with Crippen LogP contribution in [0.4, 0.5) is 0 Å². The maximum Gasteiger partial charge on any atom is 2.00 e. The van der Waals surface area contributed by atoms with E-state index in [4.69, 9.17) is 10.2 Å². The first-order valence-corrected chi connectivity index (χ1v) is 22.1. The molecule has 0 spiro atoms. The third-order valence-electron chi connectivity index (χ3n) is 8.31. The van der Waals surface area contributed by atoms with Crippen molar-refractivity contribution in [1.82, 2.24) is 10.6 Å². The van der Waals surface area contributed by atoms with Crippen molar-refractivity contribution < 1.29 is 49.2 Å². The standard InChI is InChI=1S/2C22H35NO5S.Ca/c2*1-16(2)7-5-8-17(3)9-6-10-18(4)13-14-29-15-19(22(27)28)23-20(24)11-12-21(25)26;/h2*7,9,13,19H,5-6,8,10-12,14-15H2,1-4H3,(H,23,24)(H,25,26)(H,27,28);/q;;+2/b2*17-9+,18-13+;/t2*19-;/m00./s1. The van der Waals surface area contributed by atoms with Crippen molar-refractivity contribution in [3.63, 3.8) is 0 Å². The summed E-state index contributed by atoms with van der Waals surface area (Å²) in [5, 5.41) is 40.3. The van der Waals surface area contributed by atoms with Gasteiger partial charge in [0.2, 0.25) is 11.8 Å². The van der Waals surface area contributed by atoms with Crippen LogP contribution >= 0.6 is 23.5 Å². The Hall–Kier alpha value is -2.78. The van der Waals surface area contributed by atoms with Gasteiger partial charge in [-0.05, 0) is 107 Å². The van der Waals surface area contributed by atoms with Gasteiger partial charge < -0.3 is 31.1 Å². The van der Waals surface area contributed by atoms with E-state index in [9.17, 15) is 39.0 Å². The molecule has 0 aromatic rings. The molecule has 0 aromatic carbocycles. The molecule has 0 radical (unpaired) electrons. The summed E-state index contributed by atoms with van der Waals surface area (Å²) in [6, 6.07) is -2.03. The van der Waals surface area contributed by atoms with Gasteiger partial charge in [-0.2, -0.15) is 23.5 Å². The summed E-state index contributed by atoms with van der Waals surface area (Å²) < 4.78 is 0. The van der Waals surface area contributed by atoms with Gasteiger partial charge in [-0.15, -0.1) is 0 Å². The molecule has 0 bridgehead atoms. The van der Waals surface area contributed by atoms with Crippen molar-refractivity contribution in [2.45, 2.75) is 145 Å². The molecule has 0 rings (SSSR count). The number of thioether (sulfide) groups is 2. The van der Waals surface area contributed by atoms with E-state index < -0.39 is 47.8 Å². The first-order valence-electron chi connectivity index (χ1n) is 19.8. The van der Waals surface area contributed by atoms with E-state index in [-0.39, 0.29) is 74.9 Å². The molecule has 0 aliphatic carbocycles. The predicted octanol–water partition coefficient (Wildman–Crippen LogP) is 8.77. The Balaban J connectivity index is -0.00000105. The fourth-order valence-corrected chi connectivity index (χ4v) is 6.78. The van der Waals surface area contributed by atoms with E-state index >= 15 is 0 Å². The van der Waals surface area contributed by atoms with Gasteiger partial charge in [0.15, 0.2) is 0 Å². The Morgan fingerprint density at radius 1 is 0.441 bits per heavy atom. The van der Waals surface area contributed by atoms with Crippen LogP contribution in [0.5, 0.6) is 0 Å². The molecule has 0 aliphatic rings. The number of nitrogens with one attached hydrogen (secondary N) is 2. The van der Waals surface area contributed by atoms with Gasteiger partial charge in [0, 0.05) is 35.9 Å². The van der Waals surface area contributed by atoms with E-state index in [0.29, 0.717) is 11.5 Å². The smallest absolute Gasteiger partial charge is 0.481 e. The minimum Gasteiger partial charge on any atom is -0.481 e. The molecule has 0 unspecified atom stereocenters. The van der Waals surface area contributed by atoms with Gasteiger partial charge in [-0.1, -0.05) is 69.9 Å². The molecule has 328 valence electrons. The van der Waals surface area contributed by atoms with Crippen LogP contribution in [0.1, 0.15) is 132 Å². The molecule has 12 nitrogen and oxygen atoms in total. The minimum atomic E-state index is -1.12. The Morgan fingerprint density at radius 3 is 1.00 bits per heavy atom. The summed E-state index contributed by atoms with van der Waals surface area (Å²) in [6.45, 7) is 16.9. The largest absolute Gasteiger partial charge is 2.00 e. The molecule has 2 amide bonds. The number of carbonyl (C=O) groups is 6. The van der Waals surface area contributed by atoms with E-state index in [0.717, 1.165) is 51.4 Å². The molecular formula is C44H70CaN2O10S2+2. The summed E-state index contributed by atoms with van der Waals surface area (Å²) >= 11 is 2.86. The number of aliphatic carboxylic acids is 4. The zero-order valence-electron chi connectivity index (χ0n) is 36.7. The summed E-state index contributed by atoms with van der Waals surface area (Å²) in [5.74, 6) is -3.69. The molecule has 59 heavy (non-hydrogen) atoms. The Morgan fingerprint density at radius 2 is 0.729 bits per heavy atom. The quantitative estimate of drug-likeness (QED) is 0.0227. The maximum atomic E-state index is 11.6. The normalized spacial score (nSPS) is 12.7. The second-order valence-corrected chi connectivity index (χ2v) is 16.8. The van der Waals surface area contributed by atoms with Crippen LogP contribution in [0.2, 0.25) is 0 Å². The molecular weight excluding hydrogens is 821 g/mol. The molecule has 0 heterocycles. The van der Waals surface area contributed by atoms with Crippen LogP contribution < -0.4 is 10.6 Å². The van der Waals surface area contributed by atoms with E-state index in [1.807, 2.05) is 0 Å². The molecule has 0 saturated heterocycles. The average molecular weight is 891 g/mol. The van der Waals surface area contributed by atoms with E-state index in [1.165, 1.54) is 57.0 Å². The van der Waals surface area contributed by atoms with Gasteiger partial charge >= 0.3 is 61.6 Å². The van der Waals surface area contributed by atoms with Crippen molar-refractivity contribution in [1.29, 1.82) is 0 Å². The summed E-state index contributed by atoms with van der Waals surface area (Å²) in [5.41, 5.74) is 7.99. The number of rotatable bonds is 30. The van der Waals surface area contributed by atoms with Crippen molar-refractivity contribution in [3.8, 4) is 0 Å².